The third kappa shape index (κ3) is 5.99. The molecule has 1 saturated heterocycles. The lowest BCUT2D eigenvalue weighted by Gasteiger charge is -2.22. The van der Waals surface area contributed by atoms with Crippen LogP contribution in [0.3, 0.4) is 0 Å². The molecule has 1 aliphatic rings. The molecule has 17 heavy (non-hydrogen) atoms. The van der Waals surface area contributed by atoms with Crippen molar-refractivity contribution in [2.24, 2.45) is 0 Å². The average Bonchev–Trinajstić information content (AvgIpc) is 2.35. The molecule has 1 aliphatic heterocycles. The minimum absolute atomic E-state index is 0.0331. The van der Waals surface area contributed by atoms with Crippen molar-refractivity contribution in [1.82, 2.24) is 0 Å². The Labute approximate surface area is 101 Å². The summed E-state index contributed by atoms with van der Waals surface area (Å²) in [5, 5.41) is 0. The highest BCUT2D eigenvalue weighted by molar-refractivity contribution is 7.91. The molecule has 0 aromatic rings. The Hall–Kier alpha value is -0.660. The van der Waals surface area contributed by atoms with Crippen molar-refractivity contribution in [1.29, 1.82) is 0 Å². The van der Waals surface area contributed by atoms with Gasteiger partial charge in [-0.15, -0.1) is 0 Å². The summed E-state index contributed by atoms with van der Waals surface area (Å²) in [7, 11) is -2.01. The minimum Gasteiger partial charge on any atom is -0.469 e. The van der Waals surface area contributed by atoms with Crippen LogP contribution in [0.4, 0.5) is 0 Å². The van der Waals surface area contributed by atoms with E-state index in [0.29, 0.717) is 19.6 Å². The molecular formula is C10H18O6S. The van der Waals surface area contributed by atoms with Crippen LogP contribution < -0.4 is 0 Å². The molecule has 0 amide bonds. The van der Waals surface area contributed by atoms with E-state index in [1.807, 2.05) is 0 Å². The zero-order valence-electron chi connectivity index (χ0n) is 9.88. The number of carbonyl (C=O) groups is 1. The van der Waals surface area contributed by atoms with Crippen LogP contribution in [0.2, 0.25) is 0 Å². The SMILES string of the molecule is COC(=O)CCS(=O)(=O)CCC1OCCCO1. The predicted octanol–water partition coefficient (Wildman–Crippen LogP) is 0.117. The molecule has 0 N–H and O–H groups in total. The van der Waals surface area contributed by atoms with E-state index in [0.717, 1.165) is 6.42 Å². The smallest absolute Gasteiger partial charge is 0.306 e. The van der Waals surface area contributed by atoms with E-state index in [1.165, 1.54) is 7.11 Å². The van der Waals surface area contributed by atoms with Gasteiger partial charge in [0, 0.05) is 6.42 Å². The van der Waals surface area contributed by atoms with Crippen molar-refractivity contribution >= 4 is 15.8 Å². The molecule has 0 saturated carbocycles. The Morgan fingerprint density at radius 3 is 2.53 bits per heavy atom. The van der Waals surface area contributed by atoms with Crippen LogP contribution in [-0.2, 0) is 28.8 Å². The fraction of sp³-hybridized carbons (Fsp3) is 0.900. The fourth-order valence-corrected chi connectivity index (χ4v) is 2.66. The van der Waals surface area contributed by atoms with E-state index in [-0.39, 0.29) is 17.9 Å². The second-order valence-electron chi connectivity index (χ2n) is 3.79. The van der Waals surface area contributed by atoms with Crippen LogP contribution in [0.5, 0.6) is 0 Å². The lowest BCUT2D eigenvalue weighted by molar-refractivity contribution is -0.178. The molecule has 0 unspecified atom stereocenters. The zero-order valence-corrected chi connectivity index (χ0v) is 10.7. The highest BCUT2D eigenvalue weighted by Gasteiger charge is 2.19. The largest absolute Gasteiger partial charge is 0.469 e. The van der Waals surface area contributed by atoms with Gasteiger partial charge < -0.3 is 14.2 Å². The van der Waals surface area contributed by atoms with E-state index in [9.17, 15) is 13.2 Å². The number of hydrogen-bond acceptors (Lipinski definition) is 6. The molecule has 1 heterocycles. The molecule has 100 valence electrons. The minimum atomic E-state index is -3.25. The summed E-state index contributed by atoms with van der Waals surface area (Å²) in [6, 6.07) is 0. The van der Waals surface area contributed by atoms with Gasteiger partial charge in [0.1, 0.15) is 0 Å². The van der Waals surface area contributed by atoms with Gasteiger partial charge in [-0.1, -0.05) is 0 Å². The standard InChI is InChI=1S/C10H18O6S/c1-14-9(11)3-7-17(12,13)8-4-10-15-5-2-6-16-10/h10H,2-8H2,1H3. The summed E-state index contributed by atoms with van der Waals surface area (Å²) in [6.07, 6.45) is 0.608. The lowest BCUT2D eigenvalue weighted by Crippen LogP contribution is -2.28. The number of carbonyl (C=O) groups excluding carboxylic acids is 1. The molecule has 7 heteroatoms. The second kappa shape index (κ2) is 6.93. The Bertz CT molecular complexity index is 331. The molecule has 0 radical (unpaired) electrons. The highest BCUT2D eigenvalue weighted by atomic mass is 32.2. The Morgan fingerprint density at radius 1 is 1.29 bits per heavy atom. The Kier molecular flexibility index (Phi) is 5.87. The predicted molar refractivity (Wildman–Crippen MR) is 60.2 cm³/mol. The number of sulfone groups is 1. The van der Waals surface area contributed by atoms with Crippen LogP contribution in [0.1, 0.15) is 19.3 Å². The normalized spacial score (nSPS) is 17.9. The van der Waals surface area contributed by atoms with Crippen LogP contribution in [0.15, 0.2) is 0 Å². The Balaban J connectivity index is 2.26. The van der Waals surface area contributed by atoms with E-state index in [2.05, 4.69) is 4.74 Å². The molecule has 0 spiro atoms. The maximum atomic E-state index is 11.6. The number of ether oxygens (including phenoxy) is 3. The van der Waals surface area contributed by atoms with Gasteiger partial charge in [0.15, 0.2) is 16.1 Å². The van der Waals surface area contributed by atoms with E-state index in [4.69, 9.17) is 9.47 Å². The van der Waals surface area contributed by atoms with Crippen molar-refractivity contribution in [3.05, 3.63) is 0 Å². The van der Waals surface area contributed by atoms with Crippen molar-refractivity contribution in [2.75, 3.05) is 31.8 Å². The van der Waals surface area contributed by atoms with Crippen LogP contribution in [0.25, 0.3) is 0 Å². The van der Waals surface area contributed by atoms with E-state index < -0.39 is 22.1 Å². The fourth-order valence-electron chi connectivity index (χ4n) is 1.42. The van der Waals surface area contributed by atoms with Crippen molar-refractivity contribution in [3.8, 4) is 0 Å². The molecule has 0 aromatic carbocycles. The first kappa shape index (κ1) is 14.4. The Morgan fingerprint density at radius 2 is 1.94 bits per heavy atom. The molecular weight excluding hydrogens is 248 g/mol. The number of rotatable bonds is 6. The van der Waals surface area contributed by atoms with Gasteiger partial charge in [-0.25, -0.2) is 8.42 Å². The molecule has 0 aliphatic carbocycles. The number of esters is 1. The van der Waals surface area contributed by atoms with Gasteiger partial charge in [0.05, 0.1) is 38.3 Å². The van der Waals surface area contributed by atoms with Crippen LogP contribution in [-0.4, -0.2) is 52.5 Å². The van der Waals surface area contributed by atoms with Crippen LogP contribution in [0, 0.1) is 0 Å². The van der Waals surface area contributed by atoms with Gasteiger partial charge in [-0.2, -0.15) is 0 Å². The summed E-state index contributed by atoms with van der Waals surface area (Å²) in [4.78, 5) is 10.8. The van der Waals surface area contributed by atoms with Gasteiger partial charge >= 0.3 is 5.97 Å². The first-order valence-electron chi connectivity index (χ1n) is 5.54. The third-order valence-corrected chi connectivity index (χ3v) is 4.09. The summed E-state index contributed by atoms with van der Waals surface area (Å²) in [5.41, 5.74) is 0. The van der Waals surface area contributed by atoms with Gasteiger partial charge in [0.25, 0.3) is 0 Å². The number of hydrogen-bond donors (Lipinski definition) is 0. The van der Waals surface area contributed by atoms with Crippen molar-refractivity contribution in [3.63, 3.8) is 0 Å². The lowest BCUT2D eigenvalue weighted by atomic mass is 10.4. The summed E-state index contributed by atoms with van der Waals surface area (Å²) < 4.78 is 38.0. The molecule has 1 rings (SSSR count). The molecule has 0 aromatic heterocycles. The average molecular weight is 266 g/mol. The van der Waals surface area contributed by atoms with Crippen molar-refractivity contribution < 1.29 is 27.4 Å². The number of methoxy groups -OCH3 is 1. The molecule has 0 bridgehead atoms. The molecule has 1 fully saturated rings. The monoisotopic (exact) mass is 266 g/mol. The maximum absolute atomic E-state index is 11.6. The van der Waals surface area contributed by atoms with Crippen LogP contribution >= 0.6 is 0 Å². The maximum Gasteiger partial charge on any atom is 0.306 e. The van der Waals surface area contributed by atoms with E-state index in [1.54, 1.807) is 0 Å². The third-order valence-electron chi connectivity index (χ3n) is 2.41. The first-order chi connectivity index (χ1) is 8.03. The topological polar surface area (TPSA) is 78.9 Å². The zero-order chi connectivity index (χ0) is 12.7. The second-order valence-corrected chi connectivity index (χ2v) is 6.09. The van der Waals surface area contributed by atoms with Gasteiger partial charge in [0.2, 0.25) is 0 Å². The van der Waals surface area contributed by atoms with Gasteiger partial charge in [-0.3, -0.25) is 4.79 Å². The van der Waals surface area contributed by atoms with E-state index >= 15 is 0 Å². The molecule has 0 atom stereocenters. The highest BCUT2D eigenvalue weighted by Crippen LogP contribution is 2.10. The van der Waals surface area contributed by atoms with Gasteiger partial charge in [-0.05, 0) is 6.42 Å². The molecule has 6 nitrogen and oxygen atoms in total. The first-order valence-corrected chi connectivity index (χ1v) is 7.36. The summed E-state index contributed by atoms with van der Waals surface area (Å²) >= 11 is 0. The summed E-state index contributed by atoms with van der Waals surface area (Å²) in [5.74, 6) is -0.736. The quantitative estimate of drug-likeness (QED) is 0.635. The summed E-state index contributed by atoms with van der Waals surface area (Å²) in [6.45, 7) is 1.21. The van der Waals surface area contributed by atoms with Crippen molar-refractivity contribution in [2.45, 2.75) is 25.6 Å².